The lowest BCUT2D eigenvalue weighted by Gasteiger charge is -2.26. The van der Waals surface area contributed by atoms with Gasteiger partial charge in [0.15, 0.2) is 0 Å². The maximum atomic E-state index is 12.3. The first-order chi connectivity index (χ1) is 10.3. The van der Waals surface area contributed by atoms with Crippen molar-refractivity contribution in [1.82, 2.24) is 10.6 Å². The van der Waals surface area contributed by atoms with Crippen molar-refractivity contribution < 1.29 is 9.53 Å². The summed E-state index contributed by atoms with van der Waals surface area (Å²) in [5, 5.41) is 6.30. The van der Waals surface area contributed by atoms with Crippen molar-refractivity contribution in [2.75, 3.05) is 19.7 Å². The van der Waals surface area contributed by atoms with Crippen LogP contribution in [0.4, 0.5) is 0 Å². The summed E-state index contributed by atoms with van der Waals surface area (Å²) in [6.07, 6.45) is 6.30. The highest BCUT2D eigenvalue weighted by Crippen LogP contribution is 2.23. The van der Waals surface area contributed by atoms with Gasteiger partial charge in [0.25, 0.3) is 0 Å². The van der Waals surface area contributed by atoms with Gasteiger partial charge in [0, 0.05) is 13.1 Å². The molecule has 1 fully saturated rings. The summed E-state index contributed by atoms with van der Waals surface area (Å²) in [6.45, 7) is 2.06. The van der Waals surface area contributed by atoms with E-state index in [1.807, 2.05) is 18.2 Å². The Balaban J connectivity index is 1.47. The van der Waals surface area contributed by atoms with Crippen LogP contribution in [0.2, 0.25) is 0 Å². The largest absolute Gasteiger partial charge is 0.376 e. The number of hydrogen-bond acceptors (Lipinski definition) is 3. The molecule has 0 spiro atoms. The van der Waals surface area contributed by atoms with Crippen molar-refractivity contribution in [2.45, 2.75) is 44.2 Å². The third-order valence-electron chi connectivity index (χ3n) is 4.43. The summed E-state index contributed by atoms with van der Waals surface area (Å²) in [7, 11) is 0. The first-order valence-electron chi connectivity index (χ1n) is 8.05. The maximum absolute atomic E-state index is 12.3. The summed E-state index contributed by atoms with van der Waals surface area (Å²) < 4.78 is 5.78. The molecule has 1 unspecified atom stereocenters. The Hall–Kier alpha value is -1.39. The zero-order valence-electron chi connectivity index (χ0n) is 12.4. The van der Waals surface area contributed by atoms with Crippen LogP contribution in [0.15, 0.2) is 24.3 Å². The molecule has 2 aliphatic rings. The minimum Gasteiger partial charge on any atom is -0.376 e. The lowest BCUT2D eigenvalue weighted by Crippen LogP contribution is -2.42. The number of benzene rings is 1. The summed E-state index contributed by atoms with van der Waals surface area (Å²) in [6, 6.07) is 7.96. The van der Waals surface area contributed by atoms with E-state index in [9.17, 15) is 4.79 Å². The molecular formula is C17H24N2O2. The molecule has 0 radical (unpaired) electrons. The third kappa shape index (κ3) is 3.63. The first-order valence-corrected chi connectivity index (χ1v) is 8.05. The second kappa shape index (κ2) is 7.05. The molecular weight excluding hydrogens is 264 g/mol. The Kier molecular flexibility index (Phi) is 4.88. The SMILES string of the molecule is O=C(NCCOC1CCCC1)C1NCCc2ccccc21. The van der Waals surface area contributed by atoms with Gasteiger partial charge in [-0.15, -0.1) is 0 Å². The number of amides is 1. The second-order valence-electron chi connectivity index (χ2n) is 5.90. The molecule has 2 N–H and O–H groups in total. The number of nitrogens with one attached hydrogen (secondary N) is 2. The van der Waals surface area contributed by atoms with Crippen LogP contribution in [-0.4, -0.2) is 31.7 Å². The standard InChI is InChI=1S/C17H24N2O2/c20-17(19-11-12-21-14-6-2-3-7-14)16-15-8-4-1-5-13(15)9-10-18-16/h1,4-5,8,14,16,18H,2-3,6-7,9-12H2,(H,19,20). The summed E-state index contributed by atoms with van der Waals surface area (Å²) >= 11 is 0. The molecule has 1 heterocycles. The Morgan fingerprint density at radius 3 is 2.95 bits per heavy atom. The minimum atomic E-state index is -0.221. The van der Waals surface area contributed by atoms with Gasteiger partial charge >= 0.3 is 0 Å². The predicted octanol–water partition coefficient (Wildman–Crippen LogP) is 1.95. The van der Waals surface area contributed by atoms with E-state index in [0.29, 0.717) is 19.3 Å². The van der Waals surface area contributed by atoms with E-state index < -0.39 is 0 Å². The number of ether oxygens (including phenoxy) is 1. The first kappa shape index (κ1) is 14.5. The zero-order chi connectivity index (χ0) is 14.5. The molecule has 1 amide bonds. The summed E-state index contributed by atoms with van der Waals surface area (Å²) in [4.78, 5) is 12.3. The van der Waals surface area contributed by atoms with Gasteiger partial charge in [-0.2, -0.15) is 0 Å². The van der Waals surface area contributed by atoms with Gasteiger partial charge in [0.2, 0.25) is 5.91 Å². The van der Waals surface area contributed by atoms with Crippen LogP contribution in [0.5, 0.6) is 0 Å². The zero-order valence-corrected chi connectivity index (χ0v) is 12.4. The van der Waals surface area contributed by atoms with E-state index in [4.69, 9.17) is 4.74 Å². The van der Waals surface area contributed by atoms with Gasteiger partial charge in [-0.3, -0.25) is 4.79 Å². The Labute approximate surface area is 126 Å². The smallest absolute Gasteiger partial charge is 0.241 e. The molecule has 3 rings (SSSR count). The minimum absolute atomic E-state index is 0.0529. The Morgan fingerprint density at radius 1 is 1.29 bits per heavy atom. The van der Waals surface area contributed by atoms with Gasteiger partial charge in [0.05, 0.1) is 12.7 Å². The van der Waals surface area contributed by atoms with Crippen molar-refractivity contribution in [3.8, 4) is 0 Å². The van der Waals surface area contributed by atoms with Crippen LogP contribution in [0, 0.1) is 0 Å². The Bertz CT molecular complexity index is 483. The summed E-state index contributed by atoms with van der Waals surface area (Å²) in [5.74, 6) is 0.0529. The molecule has 1 aliphatic heterocycles. The van der Waals surface area contributed by atoms with E-state index in [1.165, 1.54) is 31.2 Å². The Morgan fingerprint density at radius 2 is 2.10 bits per heavy atom. The molecule has 1 aliphatic carbocycles. The van der Waals surface area contributed by atoms with Crippen LogP contribution in [0.1, 0.15) is 42.9 Å². The van der Waals surface area contributed by atoms with Gasteiger partial charge in [-0.1, -0.05) is 37.1 Å². The van der Waals surface area contributed by atoms with Crippen LogP contribution < -0.4 is 10.6 Å². The fourth-order valence-corrected chi connectivity index (χ4v) is 3.30. The van der Waals surface area contributed by atoms with Crippen LogP contribution in [0.25, 0.3) is 0 Å². The van der Waals surface area contributed by atoms with E-state index in [1.54, 1.807) is 0 Å². The van der Waals surface area contributed by atoms with E-state index in [0.717, 1.165) is 18.5 Å². The van der Waals surface area contributed by atoms with Crippen molar-refractivity contribution in [2.24, 2.45) is 0 Å². The van der Waals surface area contributed by atoms with Crippen LogP contribution >= 0.6 is 0 Å². The molecule has 114 valence electrons. The molecule has 4 nitrogen and oxygen atoms in total. The van der Waals surface area contributed by atoms with E-state index in [2.05, 4.69) is 16.7 Å². The molecule has 1 atom stereocenters. The molecule has 1 aromatic carbocycles. The molecule has 0 saturated heterocycles. The lowest BCUT2D eigenvalue weighted by atomic mass is 9.94. The average molecular weight is 288 g/mol. The maximum Gasteiger partial charge on any atom is 0.241 e. The summed E-state index contributed by atoms with van der Waals surface area (Å²) in [5.41, 5.74) is 2.39. The molecule has 0 bridgehead atoms. The predicted molar refractivity (Wildman–Crippen MR) is 82.1 cm³/mol. The molecule has 0 aromatic heterocycles. The number of fused-ring (bicyclic) bond motifs is 1. The monoisotopic (exact) mass is 288 g/mol. The van der Waals surface area contributed by atoms with Crippen molar-refractivity contribution in [1.29, 1.82) is 0 Å². The molecule has 1 aromatic rings. The van der Waals surface area contributed by atoms with Gasteiger partial charge in [-0.05, 0) is 30.4 Å². The van der Waals surface area contributed by atoms with Crippen LogP contribution in [0.3, 0.4) is 0 Å². The number of hydrogen-bond donors (Lipinski definition) is 2. The van der Waals surface area contributed by atoms with Gasteiger partial charge < -0.3 is 15.4 Å². The normalized spacial score (nSPS) is 22.0. The van der Waals surface area contributed by atoms with Gasteiger partial charge in [0.1, 0.15) is 6.04 Å². The topological polar surface area (TPSA) is 50.4 Å². The van der Waals surface area contributed by atoms with Crippen molar-refractivity contribution in [3.05, 3.63) is 35.4 Å². The molecule has 4 heteroatoms. The van der Waals surface area contributed by atoms with E-state index in [-0.39, 0.29) is 11.9 Å². The number of carbonyl (C=O) groups is 1. The highest BCUT2D eigenvalue weighted by molar-refractivity contribution is 5.83. The molecule has 21 heavy (non-hydrogen) atoms. The lowest BCUT2D eigenvalue weighted by molar-refractivity contribution is -0.123. The van der Waals surface area contributed by atoms with Crippen molar-refractivity contribution in [3.63, 3.8) is 0 Å². The van der Waals surface area contributed by atoms with Gasteiger partial charge in [-0.25, -0.2) is 0 Å². The number of carbonyl (C=O) groups excluding carboxylic acids is 1. The molecule has 1 saturated carbocycles. The van der Waals surface area contributed by atoms with E-state index >= 15 is 0 Å². The van der Waals surface area contributed by atoms with Crippen LogP contribution in [-0.2, 0) is 16.0 Å². The average Bonchev–Trinajstić information content (AvgIpc) is 3.04. The number of rotatable bonds is 5. The fourth-order valence-electron chi connectivity index (χ4n) is 3.30. The quantitative estimate of drug-likeness (QED) is 0.814. The van der Waals surface area contributed by atoms with Crippen molar-refractivity contribution >= 4 is 5.91 Å². The highest BCUT2D eigenvalue weighted by Gasteiger charge is 2.25. The fraction of sp³-hybridized carbons (Fsp3) is 0.588. The highest BCUT2D eigenvalue weighted by atomic mass is 16.5. The third-order valence-corrected chi connectivity index (χ3v) is 4.43. The second-order valence-corrected chi connectivity index (χ2v) is 5.90.